The van der Waals surface area contributed by atoms with Gasteiger partial charge in [-0.1, -0.05) is 0 Å². The van der Waals surface area contributed by atoms with Crippen LogP contribution in [0.4, 0.5) is 0 Å². The lowest BCUT2D eigenvalue weighted by Gasteiger charge is -2.36. The van der Waals surface area contributed by atoms with Gasteiger partial charge in [-0.2, -0.15) is 0 Å². The van der Waals surface area contributed by atoms with Crippen molar-refractivity contribution < 1.29 is 58.3 Å². The summed E-state index contributed by atoms with van der Waals surface area (Å²) in [7, 11) is -22.3. The lowest BCUT2D eigenvalue weighted by atomic mass is 11.9. The quantitative estimate of drug-likeness (QED) is 0.138. The Morgan fingerprint density at radius 1 is 0.462 bits per heavy atom. The van der Waals surface area contributed by atoms with Gasteiger partial charge in [0.1, 0.15) is 0 Å². The van der Waals surface area contributed by atoms with E-state index in [9.17, 15) is 33.6 Å². The summed E-state index contributed by atoms with van der Waals surface area (Å²) in [6, 6.07) is 0. The van der Waals surface area contributed by atoms with E-state index in [4.69, 9.17) is 16.5 Å². The summed E-state index contributed by atoms with van der Waals surface area (Å²) < 4.78 is 29.1. The molecular formula is C6H25O13Si7. The zero-order valence-corrected chi connectivity index (χ0v) is 22.1. The van der Waals surface area contributed by atoms with Crippen LogP contribution in [0.2, 0.25) is 39.3 Å². The smallest absolute Gasteiger partial charge is 0.416 e. The minimum Gasteiger partial charge on any atom is -0.416 e. The van der Waals surface area contributed by atoms with Crippen LogP contribution >= 0.6 is 0 Å². The summed E-state index contributed by atoms with van der Waals surface area (Å²) in [4.78, 5) is 68.9. The minimum absolute atomic E-state index is 0.949. The Labute approximate surface area is 161 Å². The molecule has 0 aromatic rings. The Balaban J connectivity index is 5.05. The molecule has 3 radical (unpaired) electrons. The lowest BCUT2D eigenvalue weighted by molar-refractivity contribution is 0.105. The molecule has 0 aliphatic carbocycles. The van der Waals surface area contributed by atoms with Gasteiger partial charge in [0.2, 0.25) is 10.5 Å². The van der Waals surface area contributed by atoms with E-state index >= 15 is 0 Å². The monoisotopic (exact) mass is 501 g/mol. The SMILES string of the molecule is C[Si](O)(O)O[Si](C)(O)O[Si](C)(O)O[Si](C)(O)O[Si](C)(O)O[Si](C)(O)O[Si]. The number of hydrogen-bond acceptors (Lipinski definition) is 13. The topological polar surface area (TPSA) is 197 Å². The maximum Gasteiger partial charge on any atom is 0.484 e. The van der Waals surface area contributed by atoms with Crippen molar-refractivity contribution in [3.8, 4) is 0 Å². The molecule has 26 heavy (non-hydrogen) atoms. The highest BCUT2D eigenvalue weighted by Gasteiger charge is 2.55. The van der Waals surface area contributed by atoms with Gasteiger partial charge in [0.25, 0.3) is 0 Å². The molecule has 13 nitrogen and oxygen atoms in total. The standard InChI is InChI=1S/C6H25O13Si7/c1-21(7,8)15-23(3,10)17-25(5,12)19-26(6,13)18-24(4,11)16-22(2,9)14-20/h7-13H,1-6H3. The Bertz CT molecular complexity index is 462. The van der Waals surface area contributed by atoms with Crippen molar-refractivity contribution in [2.75, 3.05) is 0 Å². The van der Waals surface area contributed by atoms with Crippen LogP contribution in [0.3, 0.4) is 0 Å². The average Bonchev–Trinajstić information content (AvgIpc) is 2.16. The molecule has 0 aliphatic rings. The lowest BCUT2D eigenvalue weighted by Crippen LogP contribution is -2.64. The van der Waals surface area contributed by atoms with E-state index in [0.717, 1.165) is 32.7 Å². The second-order valence-corrected chi connectivity index (χ2v) is 21.8. The average molecular weight is 502 g/mol. The Morgan fingerprint density at radius 3 is 0.923 bits per heavy atom. The van der Waals surface area contributed by atoms with E-state index in [1.165, 1.54) is 6.55 Å². The first-order valence-electron chi connectivity index (χ1n) is 7.01. The Hall–Kier alpha value is 0.998. The highest BCUT2D eigenvalue weighted by atomic mass is 28.5. The summed E-state index contributed by atoms with van der Waals surface area (Å²) >= 11 is 0. The molecule has 0 rings (SSSR count). The fourth-order valence-corrected chi connectivity index (χ4v) is 18.7. The van der Waals surface area contributed by atoms with Gasteiger partial charge in [0.05, 0.1) is 0 Å². The maximum absolute atomic E-state index is 10.3. The zero-order valence-electron chi connectivity index (χ0n) is 15.1. The molecule has 0 saturated carbocycles. The summed E-state index contributed by atoms with van der Waals surface area (Å²) in [6.07, 6.45) is 0. The molecule has 20 heteroatoms. The highest BCUT2D eigenvalue weighted by Crippen LogP contribution is 2.22. The van der Waals surface area contributed by atoms with Crippen LogP contribution in [0.15, 0.2) is 0 Å². The first-order chi connectivity index (χ1) is 11.1. The van der Waals surface area contributed by atoms with Crippen molar-refractivity contribution in [1.29, 1.82) is 0 Å². The van der Waals surface area contributed by atoms with Crippen LogP contribution in [0.5, 0.6) is 0 Å². The highest BCUT2D eigenvalue weighted by molar-refractivity contribution is 6.84. The third-order valence-corrected chi connectivity index (χ3v) is 18.8. The zero-order chi connectivity index (χ0) is 21.2. The van der Waals surface area contributed by atoms with Gasteiger partial charge in [-0.05, 0) is 0 Å². The van der Waals surface area contributed by atoms with Gasteiger partial charge >= 0.3 is 52.8 Å². The minimum atomic E-state index is -4.30. The van der Waals surface area contributed by atoms with Gasteiger partial charge in [-0.25, -0.2) is 0 Å². The molecule has 0 bridgehead atoms. The first-order valence-corrected chi connectivity index (χ1v) is 21.0. The molecule has 5 unspecified atom stereocenters. The maximum atomic E-state index is 10.3. The Kier molecular flexibility index (Phi) is 9.12. The predicted octanol–water partition coefficient (Wildman–Crippen LogP) is -3.47. The summed E-state index contributed by atoms with van der Waals surface area (Å²) in [5, 5.41) is 0. The molecule has 0 fully saturated rings. The normalized spacial score (nSPS) is 24.7. The van der Waals surface area contributed by atoms with Gasteiger partial charge < -0.3 is 58.3 Å². The van der Waals surface area contributed by atoms with E-state index < -0.39 is 52.8 Å². The summed E-state index contributed by atoms with van der Waals surface area (Å²) in [5.74, 6) is 0. The van der Waals surface area contributed by atoms with Gasteiger partial charge in [0.15, 0.2) is 0 Å². The van der Waals surface area contributed by atoms with Crippen molar-refractivity contribution >= 4 is 63.3 Å². The summed E-state index contributed by atoms with van der Waals surface area (Å²) in [5.41, 5.74) is 0. The molecular weight excluding hydrogens is 477 g/mol. The molecule has 7 N–H and O–H groups in total. The number of hydrogen-bond donors (Lipinski definition) is 7. The van der Waals surface area contributed by atoms with Crippen LogP contribution in [-0.2, 0) is 24.7 Å². The molecule has 0 spiro atoms. The molecule has 0 heterocycles. The first kappa shape index (κ1) is 27.0. The molecule has 0 aliphatic heterocycles. The van der Waals surface area contributed by atoms with Crippen LogP contribution in [-0.4, -0.2) is 96.9 Å². The largest absolute Gasteiger partial charge is 0.484 e. The van der Waals surface area contributed by atoms with Crippen molar-refractivity contribution in [3.63, 3.8) is 0 Å². The molecule has 155 valence electrons. The van der Waals surface area contributed by atoms with Crippen LogP contribution in [0.1, 0.15) is 0 Å². The van der Waals surface area contributed by atoms with Crippen molar-refractivity contribution in [2.24, 2.45) is 0 Å². The van der Waals surface area contributed by atoms with E-state index in [-0.39, 0.29) is 0 Å². The summed E-state index contributed by atoms with van der Waals surface area (Å²) in [6.45, 7) is 6.24. The molecule has 0 amide bonds. The second-order valence-electron chi connectivity index (χ2n) is 6.04. The third kappa shape index (κ3) is 12.5. The van der Waals surface area contributed by atoms with Gasteiger partial charge in [-0.15, -0.1) is 0 Å². The van der Waals surface area contributed by atoms with Crippen LogP contribution in [0, 0.1) is 0 Å². The van der Waals surface area contributed by atoms with Crippen LogP contribution < -0.4 is 0 Å². The van der Waals surface area contributed by atoms with E-state index in [1.807, 2.05) is 0 Å². The number of rotatable bonds is 11. The van der Waals surface area contributed by atoms with Crippen molar-refractivity contribution in [1.82, 2.24) is 0 Å². The third-order valence-electron chi connectivity index (χ3n) is 2.09. The predicted molar refractivity (Wildman–Crippen MR) is 97.5 cm³/mol. The van der Waals surface area contributed by atoms with E-state index in [0.29, 0.717) is 0 Å². The molecule has 0 aromatic heterocycles. The van der Waals surface area contributed by atoms with Gasteiger partial charge in [-0.3, -0.25) is 0 Å². The molecule has 0 saturated heterocycles. The fourth-order valence-electron chi connectivity index (χ4n) is 1.87. The molecule has 5 atom stereocenters. The van der Waals surface area contributed by atoms with E-state index in [1.54, 1.807) is 0 Å². The fraction of sp³-hybridized carbons (Fsp3) is 1.00. The van der Waals surface area contributed by atoms with Crippen molar-refractivity contribution in [2.45, 2.75) is 39.3 Å². The molecule has 0 aromatic carbocycles. The van der Waals surface area contributed by atoms with E-state index in [2.05, 4.69) is 18.7 Å². The second kappa shape index (κ2) is 8.79. The van der Waals surface area contributed by atoms with Gasteiger partial charge in [0, 0.05) is 39.3 Å². The van der Waals surface area contributed by atoms with Crippen molar-refractivity contribution in [3.05, 3.63) is 0 Å². The van der Waals surface area contributed by atoms with Crippen LogP contribution in [0.25, 0.3) is 0 Å². The Morgan fingerprint density at radius 2 is 0.692 bits per heavy atom.